The molecule has 0 unspecified atom stereocenters. The summed E-state index contributed by atoms with van der Waals surface area (Å²) in [5.41, 5.74) is 0. The average molecular weight is 345 g/mol. The van der Waals surface area contributed by atoms with Crippen LogP contribution in [0.1, 0.15) is 0 Å². The predicted octanol–water partition coefficient (Wildman–Crippen LogP) is -2.74. The molecule has 0 aromatic rings. The second-order valence-electron chi connectivity index (χ2n) is 0. The second kappa shape index (κ2) is 586. The van der Waals surface area contributed by atoms with Crippen molar-refractivity contribution in [2.75, 3.05) is 0 Å². The summed E-state index contributed by atoms with van der Waals surface area (Å²) in [5, 5.41) is 0. The molecule has 0 saturated heterocycles. The van der Waals surface area contributed by atoms with Gasteiger partial charge >= 0.3 is 0 Å². The third-order valence-corrected chi connectivity index (χ3v) is 0. The van der Waals surface area contributed by atoms with Gasteiger partial charge in [0.1, 0.15) is 0 Å². The Morgan fingerprint density at radius 1 is 0.190 bits per heavy atom. The van der Waals surface area contributed by atoms with Gasteiger partial charge in [-0.15, -0.1) is 0 Å². The van der Waals surface area contributed by atoms with E-state index < -0.39 is 0 Å². The number of hydrogen-bond acceptors (Lipinski definition) is 10. The van der Waals surface area contributed by atoms with Crippen LogP contribution in [-0.4, -0.2) is 67.9 Å². The van der Waals surface area contributed by atoms with E-state index in [-0.39, 0.29) is 17.1 Å². The maximum Gasteiger partial charge on any atom is 0 e. The fraction of sp³-hybridized carbons (Fsp3) is 0. The Morgan fingerprint density at radius 3 is 0.190 bits per heavy atom. The molecule has 0 bridgehead atoms. The zero-order chi connectivity index (χ0) is 20.0. The molecule has 0 spiro atoms. The van der Waals surface area contributed by atoms with E-state index in [0.717, 1.165) is 0 Å². The minimum Gasteiger partial charge on any atom is -0.545 e. The molecule has 0 saturated carbocycles. The van der Waals surface area contributed by atoms with E-state index in [4.69, 9.17) is 47.9 Å². The number of carbonyl (C=O) groups excluding carboxylic acids is 10. The molecule has 127 valence electrons. The van der Waals surface area contributed by atoms with Gasteiger partial charge in [-0.1, -0.05) is 0 Å². The summed E-state index contributed by atoms with van der Waals surface area (Å²) >= 11 is 0. The fourth-order valence-electron chi connectivity index (χ4n) is 0. The Labute approximate surface area is 133 Å². The quantitative estimate of drug-likeness (QED) is 0.255. The van der Waals surface area contributed by atoms with E-state index in [1.54, 1.807) is 0 Å². The van der Waals surface area contributed by atoms with Gasteiger partial charge in [0.25, 0.3) is 0 Å². The molecule has 0 aliphatic carbocycles. The summed E-state index contributed by atoms with van der Waals surface area (Å²) < 4.78 is 0. The predicted molar refractivity (Wildman–Crippen MR) is 67.5 cm³/mol. The van der Waals surface area contributed by atoms with Crippen LogP contribution in [-0.2, 0) is 65.0 Å². The molecule has 0 heterocycles. The molecule has 11 heteroatoms. The van der Waals surface area contributed by atoms with Gasteiger partial charge in [-0.3, -0.25) is 67.9 Å². The van der Waals surface area contributed by atoms with Crippen LogP contribution in [0.15, 0.2) is 0 Å². The van der Waals surface area contributed by atoms with Gasteiger partial charge in [0.05, 0.1) is 0 Å². The molecule has 0 aromatic heterocycles. The Bertz CT molecular complexity index is 59.0. The van der Waals surface area contributed by atoms with Gasteiger partial charge in [-0.25, -0.2) is 0 Å². The number of hydrogen-bond donors (Lipinski definition) is 0. The van der Waals surface area contributed by atoms with Crippen LogP contribution in [0.5, 0.6) is 0 Å². The van der Waals surface area contributed by atoms with Gasteiger partial charge in [-0.2, -0.15) is 0 Å². The molecule has 0 aliphatic rings. The molecule has 0 rings (SSSR count). The average Bonchev–Trinajstić information content (AvgIpc) is 2.71. The molecule has 10 nitrogen and oxygen atoms in total. The summed E-state index contributed by atoms with van der Waals surface area (Å²) in [7, 11) is 0. The van der Waals surface area contributed by atoms with Crippen molar-refractivity contribution in [2.24, 2.45) is 0 Å². The Morgan fingerprint density at radius 2 is 0.190 bits per heavy atom. The van der Waals surface area contributed by atoms with Gasteiger partial charge in [-0.05, 0) is 0 Å². The van der Waals surface area contributed by atoms with E-state index in [1.165, 1.54) is 0 Å². The van der Waals surface area contributed by atoms with Crippen molar-refractivity contribution in [3.05, 3.63) is 0 Å². The van der Waals surface area contributed by atoms with Crippen molar-refractivity contribution in [1.29, 1.82) is 0 Å². The molecule has 0 N–H and O–H groups in total. The van der Waals surface area contributed by atoms with Gasteiger partial charge in [0.15, 0.2) is 0 Å². The van der Waals surface area contributed by atoms with Crippen LogP contribution in [0.3, 0.4) is 0 Å². The largest absolute Gasteiger partial charge is 0.545 e. The maximum atomic E-state index is 7.75. The van der Waals surface area contributed by atoms with Crippen LogP contribution in [0.4, 0.5) is 0 Å². The summed E-state index contributed by atoms with van der Waals surface area (Å²) in [5.74, 6) is 0. The minimum atomic E-state index is 0. The first-order valence-corrected chi connectivity index (χ1v) is 2.36. The van der Waals surface area contributed by atoms with Gasteiger partial charge in [0, 0.05) is 17.1 Å². The molecule has 0 aromatic carbocycles. The van der Waals surface area contributed by atoms with Crippen LogP contribution < -0.4 is 0 Å². The maximum absolute atomic E-state index is 7.75. The summed E-state index contributed by atoms with van der Waals surface area (Å²) in [6.45, 7) is 32.5. The summed E-state index contributed by atoms with van der Waals surface area (Å²) in [6.07, 6.45) is 0. The molecule has 21 heavy (non-hydrogen) atoms. The van der Waals surface area contributed by atoms with Crippen molar-refractivity contribution in [1.82, 2.24) is 0 Å². The van der Waals surface area contributed by atoms with E-state index in [0.29, 0.717) is 0 Å². The van der Waals surface area contributed by atoms with Crippen molar-refractivity contribution in [2.45, 2.75) is 0 Å². The monoisotopic (exact) mass is 345 g/mol. The summed E-state index contributed by atoms with van der Waals surface area (Å²) in [6, 6.07) is 0. The third kappa shape index (κ3) is 516. The zero-order valence-electron chi connectivity index (χ0n) is 10.2. The molecular formula is C10H10MnO10-10. The van der Waals surface area contributed by atoms with E-state index in [1.807, 2.05) is 0 Å². The van der Waals surface area contributed by atoms with Crippen molar-refractivity contribution >= 4 is 67.9 Å². The van der Waals surface area contributed by atoms with Crippen molar-refractivity contribution in [3.63, 3.8) is 0 Å². The minimum absolute atomic E-state index is 0. The zero-order valence-corrected chi connectivity index (χ0v) is 11.4. The first kappa shape index (κ1) is 104. The standard InChI is InChI=1S/10CHO.Mn/c10*1-2;/h10*1H;/q10*-1;. The van der Waals surface area contributed by atoms with Crippen LogP contribution >= 0.6 is 0 Å². The number of rotatable bonds is 0. The normalized spacial score (nSPS) is 1.90. The smallest absolute Gasteiger partial charge is 0 e. The molecule has 1 radical (unpaired) electrons. The Balaban J connectivity index is -0.00000000585. The van der Waals surface area contributed by atoms with Gasteiger partial charge < -0.3 is 47.9 Å². The van der Waals surface area contributed by atoms with Crippen molar-refractivity contribution in [3.8, 4) is 0 Å². The topological polar surface area (TPSA) is 171 Å². The summed E-state index contributed by atoms with van der Waals surface area (Å²) in [4.78, 5) is 77.5. The Kier molecular flexibility index (Phi) is 2890. The Hall–Kier alpha value is -2.78. The van der Waals surface area contributed by atoms with Crippen LogP contribution in [0, 0.1) is 0 Å². The second-order valence-corrected chi connectivity index (χ2v) is 0. The van der Waals surface area contributed by atoms with E-state index >= 15 is 0 Å². The van der Waals surface area contributed by atoms with Crippen molar-refractivity contribution < 1.29 is 65.0 Å². The van der Waals surface area contributed by atoms with Gasteiger partial charge in [0.2, 0.25) is 0 Å². The molecule has 0 aliphatic heterocycles. The fourth-order valence-corrected chi connectivity index (χ4v) is 0. The van der Waals surface area contributed by atoms with E-state index in [9.17, 15) is 0 Å². The molecule has 0 fully saturated rings. The van der Waals surface area contributed by atoms with Crippen LogP contribution in [0.25, 0.3) is 0 Å². The third-order valence-electron chi connectivity index (χ3n) is 0. The van der Waals surface area contributed by atoms with E-state index in [2.05, 4.69) is 67.9 Å². The first-order valence-electron chi connectivity index (χ1n) is 2.36. The molecule has 0 amide bonds. The molecular weight excluding hydrogens is 335 g/mol. The first-order chi connectivity index (χ1) is 10.0. The molecule has 0 atom stereocenters. The SMILES string of the molecule is [CH-]=O.[CH-]=O.[CH-]=O.[CH-]=O.[CH-]=O.[CH-]=O.[CH-]=O.[CH-]=O.[CH-]=O.[CH-]=O.[Mn]. The van der Waals surface area contributed by atoms with Crippen LogP contribution in [0.2, 0.25) is 0 Å².